The summed E-state index contributed by atoms with van der Waals surface area (Å²) in [6.45, 7) is 5.07. The zero-order valence-electron chi connectivity index (χ0n) is 11.9. The number of aliphatic carboxylic acids is 1. The molecule has 1 aromatic carbocycles. The molecule has 0 aliphatic carbocycles. The summed E-state index contributed by atoms with van der Waals surface area (Å²) in [6.07, 6.45) is -0.0940. The molecule has 0 aliphatic rings. The van der Waals surface area contributed by atoms with Crippen molar-refractivity contribution in [3.05, 3.63) is 35.4 Å². The fraction of sp³-hybridized carbons (Fsp3) is 0.429. The molecule has 1 rings (SSSR count). The fourth-order valence-corrected chi connectivity index (χ4v) is 3.95. The summed E-state index contributed by atoms with van der Waals surface area (Å²) < 4.78 is 29.8. The molecule has 0 radical (unpaired) electrons. The summed E-state index contributed by atoms with van der Waals surface area (Å²) in [6, 6.07) is 2.85. The Labute approximate surface area is 128 Å². The van der Waals surface area contributed by atoms with Crippen LogP contribution >= 0.6 is 0 Å². The number of hydrogen-bond acceptors (Lipinski definition) is 3. The van der Waals surface area contributed by atoms with Crippen LogP contribution in [0.2, 0.25) is 4.71 Å². The molecule has 4 nitrogen and oxygen atoms in total. The number of carbonyl (C=O) groups is 2. The Kier molecular flexibility index (Phi) is 5.90. The number of halogens is 2. The first kappa shape index (κ1) is 17.6. The monoisotopic (exact) mass is 362 g/mol. The second-order valence-electron chi connectivity index (χ2n) is 5.52. The van der Waals surface area contributed by atoms with Gasteiger partial charge in [0.05, 0.1) is 0 Å². The quantitative estimate of drug-likeness (QED) is 0.819. The van der Waals surface area contributed by atoms with Crippen molar-refractivity contribution in [1.82, 2.24) is 0 Å². The molecule has 116 valence electrons. The average molecular weight is 362 g/mol. The molecule has 0 amide bonds. The van der Waals surface area contributed by atoms with Gasteiger partial charge in [0, 0.05) is 0 Å². The van der Waals surface area contributed by atoms with Gasteiger partial charge in [-0.15, -0.1) is 0 Å². The Balaban J connectivity index is 2.78. The molecule has 1 aromatic rings. The molecule has 0 saturated carbocycles. The molecule has 21 heavy (non-hydrogen) atoms. The summed E-state index contributed by atoms with van der Waals surface area (Å²) in [7, 11) is 0. The molecule has 0 aromatic heterocycles. The third kappa shape index (κ3) is 6.71. The van der Waals surface area contributed by atoms with Gasteiger partial charge >= 0.3 is 128 Å². The van der Waals surface area contributed by atoms with Crippen molar-refractivity contribution in [3.63, 3.8) is 0 Å². The minimum atomic E-state index is -1.61. The molecule has 2 atom stereocenters. The molecule has 0 fully saturated rings. The Bertz CT molecular complexity index is 520. The molecule has 0 heterocycles. The summed E-state index contributed by atoms with van der Waals surface area (Å²) >= 11 is -1.61. The molecule has 0 spiro atoms. The summed E-state index contributed by atoms with van der Waals surface area (Å²) in [4.78, 5) is 22.9. The predicted octanol–water partition coefficient (Wildman–Crippen LogP) is 2.75. The Hall–Kier alpha value is -1.42. The van der Waals surface area contributed by atoms with E-state index in [0.29, 0.717) is 6.07 Å². The van der Waals surface area contributed by atoms with Gasteiger partial charge in [-0.05, 0) is 0 Å². The third-order valence-corrected chi connectivity index (χ3v) is 4.74. The molecule has 1 N–H and O–H groups in total. The fourth-order valence-electron chi connectivity index (χ4n) is 1.61. The van der Waals surface area contributed by atoms with E-state index in [4.69, 9.17) is 9.84 Å². The number of carboxylic acids is 1. The van der Waals surface area contributed by atoms with Crippen molar-refractivity contribution < 1.29 is 28.2 Å². The van der Waals surface area contributed by atoms with Gasteiger partial charge in [-0.1, -0.05) is 0 Å². The Morgan fingerprint density at radius 3 is 2.19 bits per heavy atom. The first-order chi connectivity index (χ1) is 9.56. The Morgan fingerprint density at radius 2 is 1.76 bits per heavy atom. The van der Waals surface area contributed by atoms with Crippen LogP contribution < -0.4 is 0 Å². The van der Waals surface area contributed by atoms with Crippen molar-refractivity contribution in [2.45, 2.75) is 37.5 Å². The molecule has 0 aliphatic heterocycles. The number of carbonyl (C=O) groups excluding carboxylic acids is 1. The third-order valence-electron chi connectivity index (χ3n) is 2.35. The number of ether oxygens (including phenoxy) is 1. The first-order valence-corrected chi connectivity index (χ1v) is 8.50. The molecule has 0 saturated heterocycles. The van der Waals surface area contributed by atoms with Crippen LogP contribution in [0.4, 0.5) is 13.6 Å². The maximum atomic E-state index is 13.1. The summed E-state index contributed by atoms with van der Waals surface area (Å²) in [5.74, 6) is -2.71. The van der Waals surface area contributed by atoms with Crippen molar-refractivity contribution >= 4 is 26.5 Å². The number of hydrogen-bond donors (Lipinski definition) is 1. The van der Waals surface area contributed by atoms with Crippen LogP contribution in [-0.4, -0.2) is 37.2 Å². The van der Waals surface area contributed by atoms with Gasteiger partial charge in [-0.2, -0.15) is 0 Å². The van der Waals surface area contributed by atoms with Crippen LogP contribution in [0.3, 0.4) is 0 Å². The van der Waals surface area contributed by atoms with Crippen LogP contribution in [0.25, 0.3) is 0 Å². The van der Waals surface area contributed by atoms with Crippen molar-refractivity contribution in [3.8, 4) is 0 Å². The van der Waals surface area contributed by atoms with Gasteiger partial charge in [0.1, 0.15) is 0 Å². The van der Waals surface area contributed by atoms with E-state index in [2.05, 4.69) is 0 Å². The molecule has 1 unspecified atom stereocenters. The molecular formula is C14H17AsF2O4. The van der Waals surface area contributed by atoms with E-state index in [-0.39, 0.29) is 12.0 Å². The van der Waals surface area contributed by atoms with E-state index in [1.165, 1.54) is 0 Å². The van der Waals surface area contributed by atoms with Gasteiger partial charge in [0.2, 0.25) is 0 Å². The van der Waals surface area contributed by atoms with Gasteiger partial charge in [0.25, 0.3) is 0 Å². The number of carboxylic acid groups (broad SMARTS) is 1. The summed E-state index contributed by atoms with van der Waals surface area (Å²) in [5.41, 5.74) is -0.471. The van der Waals surface area contributed by atoms with Crippen molar-refractivity contribution in [2.24, 2.45) is 0 Å². The van der Waals surface area contributed by atoms with Gasteiger partial charge in [0.15, 0.2) is 0 Å². The zero-order valence-corrected chi connectivity index (χ0v) is 14.0. The second kappa shape index (κ2) is 7.03. The summed E-state index contributed by atoms with van der Waals surface area (Å²) in [5, 5.41) is 9.16. The SMILES string of the molecule is CC(C)(C)OC(=O)[AsH][C@@H](Cc1cc(F)cc(F)c1)C(=O)O. The zero-order chi connectivity index (χ0) is 16.2. The Morgan fingerprint density at radius 1 is 1.24 bits per heavy atom. The average Bonchev–Trinajstić information content (AvgIpc) is 2.23. The topological polar surface area (TPSA) is 63.6 Å². The van der Waals surface area contributed by atoms with E-state index in [1.54, 1.807) is 20.8 Å². The molecule has 7 heteroatoms. The van der Waals surface area contributed by atoms with Crippen LogP contribution in [0.5, 0.6) is 0 Å². The standard InChI is InChI=1S/C14H17AsF2O4/c1-14(2,3)21-13(20)15-11(12(18)19)6-8-4-9(16)7-10(17)5-8/h4-5,7,11,15H,6H2,1-3H3,(H,18,19)/t11-/m0/s1. The van der Waals surface area contributed by atoms with E-state index in [9.17, 15) is 18.4 Å². The van der Waals surface area contributed by atoms with Crippen LogP contribution in [0.15, 0.2) is 18.2 Å². The van der Waals surface area contributed by atoms with E-state index >= 15 is 0 Å². The second-order valence-corrected chi connectivity index (χ2v) is 8.44. The molecule has 0 bridgehead atoms. The number of rotatable bonds is 5. The number of benzene rings is 1. The van der Waals surface area contributed by atoms with Gasteiger partial charge in [-0.25, -0.2) is 0 Å². The predicted molar refractivity (Wildman–Crippen MR) is 74.8 cm³/mol. The maximum absolute atomic E-state index is 13.1. The van der Waals surface area contributed by atoms with E-state index in [1.807, 2.05) is 0 Å². The molecular weight excluding hydrogens is 345 g/mol. The van der Waals surface area contributed by atoms with E-state index < -0.39 is 48.4 Å². The minimum absolute atomic E-state index is 0.0940. The van der Waals surface area contributed by atoms with E-state index in [0.717, 1.165) is 12.1 Å². The van der Waals surface area contributed by atoms with Crippen LogP contribution in [-0.2, 0) is 16.0 Å². The first-order valence-electron chi connectivity index (χ1n) is 6.24. The van der Waals surface area contributed by atoms with Gasteiger partial charge in [-0.3, -0.25) is 0 Å². The van der Waals surface area contributed by atoms with Gasteiger partial charge < -0.3 is 0 Å². The van der Waals surface area contributed by atoms with Crippen LogP contribution in [0.1, 0.15) is 26.3 Å². The van der Waals surface area contributed by atoms with Crippen molar-refractivity contribution in [2.75, 3.05) is 0 Å². The van der Waals surface area contributed by atoms with Crippen molar-refractivity contribution in [1.29, 1.82) is 0 Å². The van der Waals surface area contributed by atoms with Crippen LogP contribution in [0, 0.1) is 11.6 Å². The normalized spacial score (nSPS) is 13.4.